The minimum absolute atomic E-state index is 0.0120. The first-order valence-electron chi connectivity index (χ1n) is 7.72. The van der Waals surface area contributed by atoms with E-state index < -0.39 is 5.67 Å². The number of hydrogen-bond donors (Lipinski definition) is 0. The molecule has 0 N–H and O–H groups in total. The Labute approximate surface area is 125 Å². The molecule has 2 aliphatic heterocycles. The molecule has 1 aromatic rings. The van der Waals surface area contributed by atoms with Gasteiger partial charge in [-0.1, -0.05) is 24.3 Å². The zero-order chi connectivity index (χ0) is 14.9. The van der Waals surface area contributed by atoms with Crippen LogP contribution in [0.4, 0.5) is 4.39 Å². The van der Waals surface area contributed by atoms with Crippen LogP contribution in [0.5, 0.6) is 0 Å². The molecule has 0 aliphatic carbocycles. The number of aryl methyl sites for hydroxylation is 1. The third-order valence-corrected chi connectivity index (χ3v) is 4.73. The Bertz CT molecular complexity index is 527. The van der Waals surface area contributed by atoms with Gasteiger partial charge in [0.1, 0.15) is 0 Å². The number of benzene rings is 1. The van der Waals surface area contributed by atoms with E-state index in [1.807, 2.05) is 31.2 Å². The molecule has 114 valence electrons. The second kappa shape index (κ2) is 5.76. The van der Waals surface area contributed by atoms with Gasteiger partial charge in [-0.25, -0.2) is 4.39 Å². The maximum Gasteiger partial charge on any atom is 0.225 e. The first-order valence-corrected chi connectivity index (χ1v) is 7.72. The van der Waals surface area contributed by atoms with E-state index >= 15 is 4.39 Å². The number of nitrogens with zero attached hydrogens (tertiary/aromatic N) is 1. The van der Waals surface area contributed by atoms with Gasteiger partial charge in [-0.15, -0.1) is 0 Å². The van der Waals surface area contributed by atoms with Gasteiger partial charge in [0.05, 0.1) is 6.54 Å². The van der Waals surface area contributed by atoms with Crippen molar-refractivity contribution < 1.29 is 13.9 Å². The fourth-order valence-electron chi connectivity index (χ4n) is 3.46. The predicted octanol–water partition coefficient (Wildman–Crippen LogP) is 2.82. The molecule has 3 rings (SSSR count). The third-order valence-electron chi connectivity index (χ3n) is 4.73. The Balaban J connectivity index is 1.72. The third kappa shape index (κ3) is 2.82. The fourth-order valence-corrected chi connectivity index (χ4v) is 3.46. The molecule has 2 heterocycles. The van der Waals surface area contributed by atoms with Gasteiger partial charge in [-0.3, -0.25) is 4.79 Å². The number of halogens is 1. The van der Waals surface area contributed by atoms with E-state index in [1.165, 1.54) is 0 Å². The van der Waals surface area contributed by atoms with E-state index in [4.69, 9.17) is 4.74 Å². The Morgan fingerprint density at radius 1 is 1.33 bits per heavy atom. The minimum atomic E-state index is -1.40. The highest BCUT2D eigenvalue weighted by Gasteiger charge is 2.43. The molecule has 21 heavy (non-hydrogen) atoms. The van der Waals surface area contributed by atoms with Crippen LogP contribution in [0.15, 0.2) is 24.3 Å². The Morgan fingerprint density at radius 3 is 2.76 bits per heavy atom. The van der Waals surface area contributed by atoms with E-state index in [0.717, 1.165) is 24.0 Å². The van der Waals surface area contributed by atoms with Crippen molar-refractivity contribution in [1.82, 2.24) is 4.90 Å². The van der Waals surface area contributed by atoms with Crippen LogP contribution in [-0.4, -0.2) is 37.1 Å². The number of hydrogen-bond acceptors (Lipinski definition) is 2. The summed E-state index contributed by atoms with van der Waals surface area (Å²) in [4.78, 5) is 14.2. The number of ether oxygens (including phenoxy) is 1. The van der Waals surface area contributed by atoms with Gasteiger partial charge in [-0.05, 0) is 30.9 Å². The molecule has 1 atom stereocenters. The molecule has 0 unspecified atom stereocenters. The van der Waals surface area contributed by atoms with Gasteiger partial charge in [0.25, 0.3) is 0 Å². The van der Waals surface area contributed by atoms with Crippen molar-refractivity contribution in [1.29, 1.82) is 0 Å². The van der Waals surface area contributed by atoms with Crippen LogP contribution in [0.1, 0.15) is 30.4 Å². The zero-order valence-corrected chi connectivity index (χ0v) is 12.5. The van der Waals surface area contributed by atoms with Crippen molar-refractivity contribution in [3.05, 3.63) is 35.4 Å². The average Bonchev–Trinajstić information content (AvgIpc) is 2.91. The van der Waals surface area contributed by atoms with Gasteiger partial charge in [0.15, 0.2) is 5.67 Å². The van der Waals surface area contributed by atoms with Crippen LogP contribution in [0, 0.1) is 12.8 Å². The van der Waals surface area contributed by atoms with Crippen LogP contribution in [0.2, 0.25) is 0 Å². The summed E-state index contributed by atoms with van der Waals surface area (Å²) in [7, 11) is 0. The summed E-state index contributed by atoms with van der Waals surface area (Å²) in [6.07, 6.45) is 1.92. The monoisotopic (exact) mass is 291 g/mol. The number of amides is 1. The quantitative estimate of drug-likeness (QED) is 0.838. The van der Waals surface area contributed by atoms with Crippen molar-refractivity contribution in [3.63, 3.8) is 0 Å². The van der Waals surface area contributed by atoms with Gasteiger partial charge in [-0.2, -0.15) is 0 Å². The van der Waals surface area contributed by atoms with E-state index in [0.29, 0.717) is 26.2 Å². The number of alkyl halides is 1. The van der Waals surface area contributed by atoms with Crippen LogP contribution < -0.4 is 0 Å². The highest BCUT2D eigenvalue weighted by atomic mass is 19.1. The second-order valence-corrected chi connectivity index (χ2v) is 6.18. The summed E-state index contributed by atoms with van der Waals surface area (Å²) in [5.74, 6) is 0.115. The first kappa shape index (κ1) is 14.5. The van der Waals surface area contributed by atoms with Crippen LogP contribution in [0.25, 0.3) is 0 Å². The summed E-state index contributed by atoms with van der Waals surface area (Å²) in [5, 5.41) is 0. The molecule has 2 aliphatic rings. The highest BCUT2D eigenvalue weighted by molar-refractivity contribution is 5.79. The topological polar surface area (TPSA) is 29.5 Å². The molecule has 4 heteroatoms. The van der Waals surface area contributed by atoms with Crippen LogP contribution in [0.3, 0.4) is 0 Å². The molecule has 2 fully saturated rings. The molecule has 0 aromatic heterocycles. The van der Waals surface area contributed by atoms with Crippen molar-refractivity contribution in [3.8, 4) is 0 Å². The Hall–Kier alpha value is -1.42. The van der Waals surface area contributed by atoms with Crippen LogP contribution in [-0.2, 0) is 15.2 Å². The maximum absolute atomic E-state index is 15.3. The van der Waals surface area contributed by atoms with Gasteiger partial charge in [0.2, 0.25) is 5.91 Å². The smallest absolute Gasteiger partial charge is 0.225 e. The van der Waals surface area contributed by atoms with Crippen LogP contribution >= 0.6 is 0 Å². The summed E-state index contributed by atoms with van der Waals surface area (Å²) >= 11 is 0. The van der Waals surface area contributed by atoms with E-state index in [-0.39, 0.29) is 18.4 Å². The molecule has 1 aromatic carbocycles. The van der Waals surface area contributed by atoms with Crippen molar-refractivity contribution in [2.75, 3.05) is 26.3 Å². The summed E-state index contributed by atoms with van der Waals surface area (Å²) in [6, 6.07) is 7.56. The Kier molecular flexibility index (Phi) is 3.98. The molecule has 1 amide bonds. The lowest BCUT2D eigenvalue weighted by Gasteiger charge is -2.27. The predicted molar refractivity (Wildman–Crippen MR) is 78.7 cm³/mol. The largest absolute Gasteiger partial charge is 0.381 e. The SMILES string of the molecule is Cc1ccccc1[C@@]1(F)CCN(C(=O)C2CCOCC2)C1. The second-order valence-electron chi connectivity index (χ2n) is 6.18. The van der Waals surface area contributed by atoms with E-state index in [2.05, 4.69) is 0 Å². The van der Waals surface area contributed by atoms with Gasteiger partial charge >= 0.3 is 0 Å². The number of carbonyl (C=O) groups excluding carboxylic acids is 1. The lowest BCUT2D eigenvalue weighted by atomic mass is 9.91. The molecule has 2 saturated heterocycles. The molecular formula is C17H22FNO2. The molecule has 3 nitrogen and oxygen atoms in total. The van der Waals surface area contributed by atoms with Gasteiger partial charge in [0, 0.05) is 32.1 Å². The summed E-state index contributed by atoms with van der Waals surface area (Å²) in [5.41, 5.74) is 0.291. The molecule has 0 spiro atoms. The summed E-state index contributed by atoms with van der Waals surface area (Å²) < 4.78 is 20.6. The van der Waals surface area contributed by atoms with Crippen molar-refractivity contribution in [2.45, 2.75) is 31.9 Å². The molecule has 0 radical (unpaired) electrons. The lowest BCUT2D eigenvalue weighted by molar-refractivity contribution is -0.138. The average molecular weight is 291 g/mol. The standard InChI is InChI=1S/C17H22FNO2/c1-13-4-2-3-5-15(13)17(18)8-9-19(12-17)16(20)14-6-10-21-11-7-14/h2-5,14H,6-12H2,1H3/t17-/m1/s1. The normalized spacial score (nSPS) is 27.0. The molecule has 0 bridgehead atoms. The minimum Gasteiger partial charge on any atom is -0.381 e. The molecular weight excluding hydrogens is 269 g/mol. The number of carbonyl (C=O) groups is 1. The highest BCUT2D eigenvalue weighted by Crippen LogP contribution is 2.38. The van der Waals surface area contributed by atoms with E-state index in [1.54, 1.807) is 4.90 Å². The number of rotatable bonds is 2. The summed E-state index contributed by atoms with van der Waals surface area (Å²) in [6.45, 7) is 3.92. The Morgan fingerprint density at radius 2 is 2.05 bits per heavy atom. The fraction of sp³-hybridized carbons (Fsp3) is 0.588. The zero-order valence-electron chi connectivity index (χ0n) is 12.5. The van der Waals surface area contributed by atoms with Gasteiger partial charge < -0.3 is 9.64 Å². The lowest BCUT2D eigenvalue weighted by Crippen LogP contribution is -2.38. The maximum atomic E-state index is 15.3. The van der Waals surface area contributed by atoms with Crippen molar-refractivity contribution in [2.24, 2.45) is 5.92 Å². The number of likely N-dealkylation sites (tertiary alicyclic amines) is 1. The molecule has 0 saturated carbocycles. The van der Waals surface area contributed by atoms with Crippen molar-refractivity contribution >= 4 is 5.91 Å². The first-order chi connectivity index (χ1) is 10.1. The van der Waals surface area contributed by atoms with E-state index in [9.17, 15) is 4.79 Å².